The highest BCUT2D eigenvalue weighted by Gasteiger charge is 2.12. The Balaban J connectivity index is 2.59. The maximum absolute atomic E-state index is 10.8. The molecule has 1 N–H and O–H groups in total. The lowest BCUT2D eigenvalue weighted by molar-refractivity contribution is -0.138. The Bertz CT molecular complexity index is 356. The number of methoxy groups -OCH3 is 1. The van der Waals surface area contributed by atoms with Gasteiger partial charge in [0.2, 0.25) is 0 Å². The first-order valence-electron chi connectivity index (χ1n) is 5.89. The van der Waals surface area contributed by atoms with Crippen molar-refractivity contribution < 1.29 is 14.6 Å². The standard InChI is InChI=1S/C14H20O3/c1-10(17-3)4-5-12-6-8-13(9-7-12)11(2)14(15)16/h6-11H,4-5H2,1-3H3,(H,15,16). The van der Waals surface area contributed by atoms with Gasteiger partial charge in [-0.3, -0.25) is 4.79 Å². The highest BCUT2D eigenvalue weighted by molar-refractivity contribution is 5.75. The van der Waals surface area contributed by atoms with Gasteiger partial charge in [0.15, 0.2) is 0 Å². The molecule has 0 amide bonds. The molecule has 0 saturated heterocycles. The van der Waals surface area contributed by atoms with Crippen molar-refractivity contribution in [3.8, 4) is 0 Å². The Labute approximate surface area is 102 Å². The molecule has 3 nitrogen and oxygen atoms in total. The largest absolute Gasteiger partial charge is 0.481 e. The van der Waals surface area contributed by atoms with Gasteiger partial charge in [0, 0.05) is 7.11 Å². The number of carboxylic acids is 1. The fourth-order valence-corrected chi connectivity index (χ4v) is 1.60. The number of aliphatic carboxylic acids is 1. The van der Waals surface area contributed by atoms with Crippen molar-refractivity contribution >= 4 is 5.97 Å². The summed E-state index contributed by atoms with van der Waals surface area (Å²) in [5.41, 5.74) is 2.07. The third-order valence-electron chi connectivity index (χ3n) is 3.09. The van der Waals surface area contributed by atoms with Gasteiger partial charge in [-0.15, -0.1) is 0 Å². The predicted molar refractivity (Wildman–Crippen MR) is 67.3 cm³/mol. The molecule has 0 radical (unpaired) electrons. The van der Waals surface area contributed by atoms with Crippen LogP contribution in [0.2, 0.25) is 0 Å². The van der Waals surface area contributed by atoms with Crippen molar-refractivity contribution in [3.63, 3.8) is 0 Å². The lowest BCUT2D eigenvalue weighted by atomic mass is 9.98. The van der Waals surface area contributed by atoms with Crippen LogP contribution >= 0.6 is 0 Å². The summed E-state index contributed by atoms with van der Waals surface area (Å²) < 4.78 is 5.19. The van der Waals surface area contributed by atoms with Gasteiger partial charge < -0.3 is 9.84 Å². The van der Waals surface area contributed by atoms with Crippen LogP contribution < -0.4 is 0 Å². The van der Waals surface area contributed by atoms with E-state index in [0.29, 0.717) is 0 Å². The molecule has 2 unspecified atom stereocenters. The molecule has 0 bridgehead atoms. The maximum atomic E-state index is 10.8. The van der Waals surface area contributed by atoms with Gasteiger partial charge in [0.05, 0.1) is 12.0 Å². The van der Waals surface area contributed by atoms with Gasteiger partial charge in [-0.25, -0.2) is 0 Å². The third-order valence-corrected chi connectivity index (χ3v) is 3.09. The van der Waals surface area contributed by atoms with E-state index >= 15 is 0 Å². The van der Waals surface area contributed by atoms with Gasteiger partial charge in [-0.2, -0.15) is 0 Å². The molecule has 1 aromatic rings. The van der Waals surface area contributed by atoms with Gasteiger partial charge in [-0.05, 0) is 37.8 Å². The summed E-state index contributed by atoms with van der Waals surface area (Å²) >= 11 is 0. The molecule has 0 fully saturated rings. The normalized spacial score (nSPS) is 14.3. The minimum absolute atomic E-state index is 0.257. The van der Waals surface area contributed by atoms with E-state index < -0.39 is 11.9 Å². The zero-order valence-corrected chi connectivity index (χ0v) is 10.6. The fraction of sp³-hybridized carbons (Fsp3) is 0.500. The van der Waals surface area contributed by atoms with Crippen molar-refractivity contribution in [2.45, 2.75) is 38.7 Å². The van der Waals surface area contributed by atoms with Crippen molar-refractivity contribution in [3.05, 3.63) is 35.4 Å². The van der Waals surface area contributed by atoms with Crippen LogP contribution in [0.25, 0.3) is 0 Å². The number of carbonyl (C=O) groups is 1. The van der Waals surface area contributed by atoms with E-state index in [-0.39, 0.29) is 6.10 Å². The molecule has 0 aliphatic carbocycles. The van der Waals surface area contributed by atoms with Crippen LogP contribution in [0.4, 0.5) is 0 Å². The summed E-state index contributed by atoms with van der Waals surface area (Å²) in [5, 5.41) is 8.90. The Morgan fingerprint density at radius 2 is 1.88 bits per heavy atom. The average molecular weight is 236 g/mol. The molecule has 17 heavy (non-hydrogen) atoms. The summed E-state index contributed by atoms with van der Waals surface area (Å²) in [6, 6.07) is 7.78. The smallest absolute Gasteiger partial charge is 0.310 e. The van der Waals surface area contributed by atoms with Crippen molar-refractivity contribution in [1.82, 2.24) is 0 Å². The first-order valence-corrected chi connectivity index (χ1v) is 5.89. The minimum atomic E-state index is -0.786. The Morgan fingerprint density at radius 1 is 1.29 bits per heavy atom. The van der Waals surface area contributed by atoms with Crippen LogP contribution in [0.5, 0.6) is 0 Å². The Hall–Kier alpha value is -1.35. The average Bonchev–Trinajstić information content (AvgIpc) is 2.35. The lowest BCUT2D eigenvalue weighted by Gasteiger charge is -2.10. The molecule has 0 aromatic heterocycles. The van der Waals surface area contributed by atoms with E-state index in [4.69, 9.17) is 9.84 Å². The molecule has 0 heterocycles. The van der Waals surface area contributed by atoms with Crippen LogP contribution in [0.15, 0.2) is 24.3 Å². The summed E-state index contributed by atoms with van der Waals surface area (Å²) in [6.07, 6.45) is 2.19. The second kappa shape index (κ2) is 6.40. The molecular weight excluding hydrogens is 216 g/mol. The van der Waals surface area contributed by atoms with Crippen molar-refractivity contribution in [2.75, 3.05) is 7.11 Å². The predicted octanol–water partition coefficient (Wildman–Crippen LogP) is 2.84. The van der Waals surface area contributed by atoms with Gasteiger partial charge in [0.1, 0.15) is 0 Å². The van der Waals surface area contributed by atoms with Gasteiger partial charge in [0.25, 0.3) is 0 Å². The quantitative estimate of drug-likeness (QED) is 0.826. The van der Waals surface area contributed by atoms with Crippen LogP contribution in [-0.4, -0.2) is 24.3 Å². The van der Waals surface area contributed by atoms with E-state index in [0.717, 1.165) is 18.4 Å². The zero-order valence-electron chi connectivity index (χ0n) is 10.6. The summed E-state index contributed by atoms with van der Waals surface area (Å²) in [4.78, 5) is 10.8. The molecule has 1 rings (SSSR count). The third kappa shape index (κ3) is 4.19. The van der Waals surface area contributed by atoms with E-state index in [9.17, 15) is 4.79 Å². The summed E-state index contributed by atoms with van der Waals surface area (Å²) in [6.45, 7) is 3.74. The van der Waals surface area contributed by atoms with E-state index in [2.05, 4.69) is 0 Å². The second-order valence-electron chi connectivity index (χ2n) is 4.39. The number of hydrogen-bond acceptors (Lipinski definition) is 2. The highest BCUT2D eigenvalue weighted by atomic mass is 16.5. The van der Waals surface area contributed by atoms with Crippen LogP contribution in [-0.2, 0) is 16.0 Å². The molecule has 0 aliphatic heterocycles. The molecule has 0 spiro atoms. The minimum Gasteiger partial charge on any atom is -0.481 e. The molecule has 0 saturated carbocycles. The Kier molecular flexibility index (Phi) is 5.16. The second-order valence-corrected chi connectivity index (χ2v) is 4.39. The number of ether oxygens (including phenoxy) is 1. The highest BCUT2D eigenvalue weighted by Crippen LogP contribution is 2.17. The van der Waals surface area contributed by atoms with Gasteiger partial charge in [-0.1, -0.05) is 24.3 Å². The van der Waals surface area contributed by atoms with Crippen molar-refractivity contribution in [2.24, 2.45) is 0 Å². The molecule has 2 atom stereocenters. The monoisotopic (exact) mass is 236 g/mol. The lowest BCUT2D eigenvalue weighted by Crippen LogP contribution is -2.08. The topological polar surface area (TPSA) is 46.5 Å². The zero-order chi connectivity index (χ0) is 12.8. The SMILES string of the molecule is COC(C)CCc1ccc(C(C)C(=O)O)cc1. The first kappa shape index (κ1) is 13.7. The van der Waals surface area contributed by atoms with Crippen LogP contribution in [0.3, 0.4) is 0 Å². The summed E-state index contributed by atoms with van der Waals surface area (Å²) in [7, 11) is 1.71. The molecular formula is C14H20O3. The van der Waals surface area contributed by atoms with Crippen LogP contribution in [0.1, 0.15) is 37.3 Å². The maximum Gasteiger partial charge on any atom is 0.310 e. The number of benzene rings is 1. The van der Waals surface area contributed by atoms with E-state index in [1.54, 1.807) is 14.0 Å². The van der Waals surface area contributed by atoms with Crippen molar-refractivity contribution in [1.29, 1.82) is 0 Å². The molecule has 94 valence electrons. The van der Waals surface area contributed by atoms with Crippen LogP contribution in [0, 0.1) is 0 Å². The number of rotatable bonds is 6. The molecule has 3 heteroatoms. The Morgan fingerprint density at radius 3 is 2.35 bits per heavy atom. The molecule has 0 aliphatic rings. The number of aryl methyl sites for hydroxylation is 1. The fourth-order valence-electron chi connectivity index (χ4n) is 1.60. The first-order chi connectivity index (χ1) is 8.04. The van der Waals surface area contributed by atoms with E-state index in [1.807, 2.05) is 31.2 Å². The number of hydrogen-bond donors (Lipinski definition) is 1. The van der Waals surface area contributed by atoms with Gasteiger partial charge >= 0.3 is 5.97 Å². The molecule has 1 aromatic carbocycles. The number of carboxylic acid groups (broad SMARTS) is 1. The summed E-state index contributed by atoms with van der Waals surface area (Å²) in [5.74, 6) is -1.23. The van der Waals surface area contributed by atoms with E-state index in [1.165, 1.54) is 5.56 Å².